The van der Waals surface area contributed by atoms with Crippen molar-refractivity contribution in [2.45, 2.75) is 0 Å². The molecule has 2 heterocycles. The Kier molecular flexibility index (Phi) is 7.78. The highest BCUT2D eigenvalue weighted by Crippen LogP contribution is 2.44. The highest BCUT2D eigenvalue weighted by Gasteiger charge is 2.33. The van der Waals surface area contributed by atoms with Crippen LogP contribution in [0.2, 0.25) is 0 Å². The Morgan fingerprint density at radius 1 is 0.589 bits per heavy atom. The molecule has 2 N–H and O–H groups in total. The van der Waals surface area contributed by atoms with Crippen molar-refractivity contribution in [2.24, 2.45) is 12.0 Å². The Bertz CT molecular complexity index is 2930. The number of aliphatic hydroxyl groups is 1. The first-order valence-corrected chi connectivity index (χ1v) is 18.7. The fourth-order valence-corrected chi connectivity index (χ4v) is 8.56. The minimum Gasteiger partial charge on any atom is -0.459 e. The highest BCUT2D eigenvalue weighted by molar-refractivity contribution is 6.49. The topological polar surface area (TPSA) is 70.8 Å². The average molecular weight is 725 g/mol. The van der Waals surface area contributed by atoms with Gasteiger partial charge in [0, 0.05) is 53.3 Å². The maximum absolute atomic E-state index is 14.8. The standard InChI is InChI=1S/C50H34N4O2/c1-53-41-23-11-7-19-35(41)45(36-20-8-12-24-42(36)53)49(55)51-39-29-27-31-15-3-5-17-33(31)47(39)48-34-18-6-4-16-32(34)28-30-40(48)52-50(56)46-37-21-9-13-25-43(37)54(2)44-26-14-10-22-38(44)46/h3-30H,1-2H3/p+2. The van der Waals surface area contributed by atoms with Crippen LogP contribution in [0.1, 0.15) is 43.7 Å². The third-order valence-electron chi connectivity index (χ3n) is 11.2. The predicted octanol–water partition coefficient (Wildman–Crippen LogP) is 8.64. The first-order valence-electron chi connectivity index (χ1n) is 18.7. The van der Waals surface area contributed by atoms with Crippen molar-refractivity contribution in [3.05, 3.63) is 203 Å². The third-order valence-corrected chi connectivity index (χ3v) is 11.2. The lowest BCUT2D eigenvalue weighted by Gasteiger charge is -2.30. The number of amides is 1. The number of carbonyl (C=O) groups is 1. The van der Waals surface area contributed by atoms with Gasteiger partial charge in [0.25, 0.3) is 5.91 Å². The van der Waals surface area contributed by atoms with Gasteiger partial charge >= 0.3 is 5.88 Å². The molecule has 0 bridgehead atoms. The summed E-state index contributed by atoms with van der Waals surface area (Å²) in [5, 5.41) is 14.0. The predicted molar refractivity (Wildman–Crippen MR) is 228 cm³/mol. The number of aromatic nitrogens is 1. The van der Waals surface area contributed by atoms with Crippen LogP contribution in [0, 0.1) is 0 Å². The summed E-state index contributed by atoms with van der Waals surface area (Å²) >= 11 is 0. The molecule has 0 fully saturated rings. The fraction of sp³-hybridized carbons (Fsp3) is 0.0400. The number of rotatable bonds is 2. The fourth-order valence-electron chi connectivity index (χ4n) is 8.56. The molecule has 1 aliphatic heterocycles. The number of allylic oxidation sites excluding steroid dienone is 4. The first-order chi connectivity index (χ1) is 27.5. The van der Waals surface area contributed by atoms with Gasteiger partial charge in [-0.05, 0) is 58.7 Å². The first kappa shape index (κ1) is 33.2. The number of fused-ring (bicyclic) bond motifs is 6. The van der Waals surface area contributed by atoms with Crippen LogP contribution in [0.15, 0.2) is 169 Å². The van der Waals surface area contributed by atoms with Crippen LogP contribution in [0.3, 0.4) is 0 Å². The van der Waals surface area contributed by atoms with E-state index in [1.165, 1.54) is 0 Å². The van der Waals surface area contributed by atoms with E-state index < -0.39 is 0 Å². The monoisotopic (exact) mass is 724 g/mol. The normalized spacial score (nSPS) is 16.9. The van der Waals surface area contributed by atoms with Gasteiger partial charge < -0.3 is 10.0 Å². The van der Waals surface area contributed by atoms with E-state index >= 15 is 0 Å². The Balaban J connectivity index is 1.25. The number of hydrogen-bond acceptors (Lipinski definition) is 3. The summed E-state index contributed by atoms with van der Waals surface area (Å²) in [7, 11) is 4.08. The molecule has 3 aliphatic rings. The molecule has 0 spiro atoms. The van der Waals surface area contributed by atoms with E-state index in [1.54, 1.807) is 0 Å². The summed E-state index contributed by atoms with van der Waals surface area (Å²) in [6.45, 7) is 0. The molecule has 0 atom stereocenters. The number of anilines is 2. The van der Waals surface area contributed by atoms with Crippen LogP contribution in [0.4, 0.5) is 11.4 Å². The van der Waals surface area contributed by atoms with E-state index in [1.807, 2.05) is 142 Å². The van der Waals surface area contributed by atoms with Crippen molar-refractivity contribution in [2.75, 3.05) is 11.9 Å². The van der Waals surface area contributed by atoms with Gasteiger partial charge in [0.2, 0.25) is 16.7 Å². The minimum atomic E-state index is -0.325. The zero-order valence-corrected chi connectivity index (χ0v) is 30.9. The van der Waals surface area contributed by atoms with Gasteiger partial charge in [0.1, 0.15) is 12.6 Å². The molecule has 6 aromatic carbocycles. The van der Waals surface area contributed by atoms with Gasteiger partial charge in [-0.1, -0.05) is 115 Å². The van der Waals surface area contributed by atoms with Gasteiger partial charge in [0.15, 0.2) is 0 Å². The van der Waals surface area contributed by atoms with E-state index in [2.05, 4.69) is 56.9 Å². The van der Waals surface area contributed by atoms with Gasteiger partial charge in [0.05, 0.1) is 27.6 Å². The molecule has 6 heteroatoms. The summed E-state index contributed by atoms with van der Waals surface area (Å²) in [5.74, 6) is -0.298. The van der Waals surface area contributed by atoms with Crippen LogP contribution in [-0.4, -0.2) is 29.5 Å². The van der Waals surface area contributed by atoms with Crippen LogP contribution in [0.25, 0.3) is 50.7 Å². The maximum Gasteiger partial charge on any atom is 0.373 e. The number of pyridine rings is 1. The van der Waals surface area contributed by atoms with E-state index in [4.69, 9.17) is 4.99 Å². The molecule has 2 aliphatic carbocycles. The summed E-state index contributed by atoms with van der Waals surface area (Å²) in [4.78, 5) is 25.5. The summed E-state index contributed by atoms with van der Waals surface area (Å²) in [5.41, 5.74) is 13.8. The van der Waals surface area contributed by atoms with Crippen LogP contribution < -0.4 is 14.5 Å². The van der Waals surface area contributed by atoms with Gasteiger partial charge in [-0.15, -0.1) is 0 Å². The van der Waals surface area contributed by atoms with Crippen LogP contribution in [-0.2, 0) is 7.05 Å². The Morgan fingerprint density at radius 3 is 1.68 bits per heavy atom. The van der Waals surface area contributed by atoms with E-state index in [9.17, 15) is 9.90 Å². The molecule has 6 nitrogen and oxygen atoms in total. The van der Waals surface area contributed by atoms with E-state index in [-0.39, 0.29) is 11.8 Å². The molecule has 266 valence electrons. The van der Waals surface area contributed by atoms with Crippen LogP contribution in [0.5, 0.6) is 0 Å². The zero-order valence-electron chi connectivity index (χ0n) is 30.9. The zero-order chi connectivity index (χ0) is 37.9. The molecule has 1 aromatic heterocycles. The molecule has 56 heavy (non-hydrogen) atoms. The van der Waals surface area contributed by atoms with E-state index in [0.29, 0.717) is 22.6 Å². The van der Waals surface area contributed by atoms with Crippen molar-refractivity contribution in [3.8, 4) is 0 Å². The van der Waals surface area contributed by atoms with Crippen LogP contribution >= 0.6 is 0 Å². The molecule has 0 saturated heterocycles. The number of carbonyl (C=O) groups excluding carboxylic acids is 1. The molecular weight excluding hydrogens is 689 g/mol. The number of aliphatic hydroxyl groups excluding tert-OH is 1. The smallest absolute Gasteiger partial charge is 0.373 e. The summed E-state index contributed by atoms with van der Waals surface area (Å²) in [6.07, 6.45) is 8.03. The lowest BCUT2D eigenvalue weighted by Crippen LogP contribution is -2.71. The number of hydrogen-bond donors (Lipinski definition) is 2. The second-order valence-electron chi connectivity index (χ2n) is 14.2. The molecule has 1 amide bonds. The molecule has 0 saturated carbocycles. The molecule has 7 aromatic rings. The summed E-state index contributed by atoms with van der Waals surface area (Å²) < 4.78 is 2.12. The van der Waals surface area contributed by atoms with Crippen molar-refractivity contribution in [3.63, 3.8) is 0 Å². The summed E-state index contributed by atoms with van der Waals surface area (Å²) in [6, 6.07) is 48.6. The number of para-hydroxylation sites is 4. The molecule has 0 radical (unpaired) electrons. The second kappa shape index (κ2) is 13.1. The lowest BCUT2D eigenvalue weighted by molar-refractivity contribution is -0.617. The SMILES string of the molecule is CN1c2ccccc2C(=C(O)[NH+]=C2C=Cc3ccccc3C2=C2C(=NC(=O)c3c4ccccc4[n+](C)c4ccccc34)C=Cc3ccccc32)c2ccccc21. The van der Waals surface area contributed by atoms with Gasteiger partial charge in [-0.2, -0.15) is 9.56 Å². The highest BCUT2D eigenvalue weighted by atomic mass is 16.3. The third kappa shape index (κ3) is 5.18. The molecular formula is C50H36N4O2+2. The Morgan fingerprint density at radius 2 is 1.07 bits per heavy atom. The molecule has 10 rings (SSSR count). The minimum absolute atomic E-state index is 0.0272. The second-order valence-corrected chi connectivity index (χ2v) is 14.2. The van der Waals surface area contributed by atoms with Crippen molar-refractivity contribution < 1.29 is 19.5 Å². The average Bonchev–Trinajstić information content (AvgIpc) is 3.24. The molecule has 0 unspecified atom stereocenters. The van der Waals surface area contributed by atoms with Crippen molar-refractivity contribution >= 4 is 79.4 Å². The van der Waals surface area contributed by atoms with E-state index in [0.717, 1.165) is 77.7 Å². The Labute approximate surface area is 324 Å². The van der Waals surface area contributed by atoms with Gasteiger partial charge in [-0.3, -0.25) is 4.79 Å². The number of benzene rings is 6. The lowest BCUT2D eigenvalue weighted by atomic mass is 9.80. The number of aryl methyl sites for hydroxylation is 1. The Hall–Kier alpha value is -7.44. The number of nitrogens with zero attached hydrogens (tertiary/aromatic N) is 3. The quantitative estimate of drug-likeness (QED) is 0.107. The number of nitrogens with one attached hydrogen (secondary N) is 1. The number of aliphatic imine (C=N–C) groups is 1. The maximum atomic E-state index is 14.8. The largest absolute Gasteiger partial charge is 0.459 e. The van der Waals surface area contributed by atoms with Gasteiger partial charge in [-0.25, -0.2) is 4.99 Å². The van der Waals surface area contributed by atoms with Crippen molar-refractivity contribution in [1.29, 1.82) is 0 Å². The van der Waals surface area contributed by atoms with Crippen molar-refractivity contribution in [1.82, 2.24) is 0 Å².